The Morgan fingerprint density at radius 2 is 1.78 bits per heavy atom. The topological polar surface area (TPSA) is 21.3 Å². The molecule has 0 aliphatic rings. The zero-order valence-electron chi connectivity index (χ0n) is 15.2. The van der Waals surface area contributed by atoms with Crippen molar-refractivity contribution < 1.29 is 8.82 Å². The Balaban J connectivity index is 2.78. The van der Waals surface area contributed by atoms with Crippen molar-refractivity contribution in [2.24, 2.45) is 0 Å². The van der Waals surface area contributed by atoms with Crippen molar-refractivity contribution in [3.05, 3.63) is 60.6 Å². The van der Waals surface area contributed by atoms with Gasteiger partial charge in [-0.25, -0.2) is 4.39 Å². The highest BCUT2D eigenvalue weighted by molar-refractivity contribution is 6.74. The van der Waals surface area contributed by atoms with Gasteiger partial charge >= 0.3 is 0 Å². The Morgan fingerprint density at radius 3 is 2.22 bits per heavy atom. The molecule has 0 aliphatic heterocycles. The van der Waals surface area contributed by atoms with Crippen LogP contribution in [0.1, 0.15) is 39.3 Å². The van der Waals surface area contributed by atoms with Crippen LogP contribution in [-0.2, 0) is 4.43 Å². The number of nitrogens with one attached hydrogen (secondary N) is 1. The van der Waals surface area contributed by atoms with Crippen LogP contribution < -0.4 is 5.32 Å². The van der Waals surface area contributed by atoms with Crippen molar-refractivity contribution in [3.63, 3.8) is 0 Å². The Hall–Kier alpha value is -1.39. The first-order valence-corrected chi connectivity index (χ1v) is 10.9. The van der Waals surface area contributed by atoms with Crippen molar-refractivity contribution in [3.8, 4) is 0 Å². The van der Waals surface area contributed by atoms with Gasteiger partial charge < -0.3 is 4.43 Å². The quantitative estimate of drug-likeness (QED) is 0.400. The molecule has 0 unspecified atom stereocenters. The fraction of sp³-hybridized carbons (Fsp3) is 0.474. The minimum absolute atomic E-state index is 0.0402. The molecule has 0 heterocycles. The molecule has 0 amide bonds. The number of rotatable bonds is 7. The summed E-state index contributed by atoms with van der Waals surface area (Å²) in [4.78, 5) is 0. The van der Waals surface area contributed by atoms with E-state index in [1.807, 2.05) is 6.92 Å². The van der Waals surface area contributed by atoms with Gasteiger partial charge in [-0.1, -0.05) is 45.6 Å². The molecule has 0 fully saturated rings. The molecule has 1 aromatic rings. The largest absolute Gasteiger partial charge is 0.545 e. The molecule has 2 nitrogen and oxygen atoms in total. The van der Waals surface area contributed by atoms with Crippen LogP contribution in [0.5, 0.6) is 0 Å². The van der Waals surface area contributed by atoms with Gasteiger partial charge in [0.15, 0.2) is 0 Å². The second-order valence-corrected chi connectivity index (χ2v) is 12.2. The normalized spacial score (nSPS) is 14.9. The van der Waals surface area contributed by atoms with Crippen LogP contribution in [0.15, 0.2) is 49.3 Å². The lowest BCUT2D eigenvalue weighted by molar-refractivity contribution is 0.340. The van der Waals surface area contributed by atoms with Crippen LogP contribution in [0.25, 0.3) is 0 Å². The molecule has 2 atom stereocenters. The molecule has 23 heavy (non-hydrogen) atoms. The van der Waals surface area contributed by atoms with E-state index < -0.39 is 8.32 Å². The summed E-state index contributed by atoms with van der Waals surface area (Å²) in [6, 6.07) is 6.40. The van der Waals surface area contributed by atoms with Gasteiger partial charge in [0, 0.05) is 6.04 Å². The van der Waals surface area contributed by atoms with Gasteiger partial charge in [-0.15, -0.1) is 6.58 Å². The van der Waals surface area contributed by atoms with Gasteiger partial charge in [0.2, 0.25) is 8.32 Å². The van der Waals surface area contributed by atoms with Crippen LogP contribution in [0.3, 0.4) is 0 Å². The first kappa shape index (κ1) is 19.7. The zero-order valence-corrected chi connectivity index (χ0v) is 16.2. The standard InChI is InChI=1S/C19H30FNOSi/c1-9-18(15(3)22-23(7,8)19(4,5)6)21-14(2)16-10-12-17(20)13-11-16/h9-14,18,21H,1,3H2,2,4-8H3/t14-,18+/m1/s1. The molecule has 0 spiro atoms. The smallest absolute Gasteiger partial charge is 0.250 e. The Kier molecular flexibility index (Phi) is 6.37. The monoisotopic (exact) mass is 335 g/mol. The lowest BCUT2D eigenvalue weighted by atomic mass is 10.1. The summed E-state index contributed by atoms with van der Waals surface area (Å²) in [7, 11) is -1.92. The Morgan fingerprint density at radius 1 is 1.26 bits per heavy atom. The summed E-state index contributed by atoms with van der Waals surface area (Å²) in [6.07, 6.45) is 1.80. The average Bonchev–Trinajstić information content (AvgIpc) is 2.43. The minimum Gasteiger partial charge on any atom is -0.545 e. The maximum absolute atomic E-state index is 13.0. The highest BCUT2D eigenvalue weighted by Gasteiger charge is 2.39. The molecule has 4 heteroatoms. The minimum atomic E-state index is -1.92. The van der Waals surface area contributed by atoms with Gasteiger partial charge in [0.1, 0.15) is 5.82 Å². The third-order valence-corrected chi connectivity index (χ3v) is 8.96. The fourth-order valence-corrected chi connectivity index (χ4v) is 3.04. The van der Waals surface area contributed by atoms with E-state index in [0.717, 1.165) is 5.56 Å². The fourth-order valence-electron chi connectivity index (χ4n) is 1.95. The van der Waals surface area contributed by atoms with Crippen LogP contribution >= 0.6 is 0 Å². The van der Waals surface area contributed by atoms with Crippen LogP contribution in [0.2, 0.25) is 18.1 Å². The number of hydrogen-bond donors (Lipinski definition) is 1. The molecular weight excluding hydrogens is 305 g/mol. The molecule has 0 aliphatic carbocycles. The molecule has 1 N–H and O–H groups in total. The third kappa shape index (κ3) is 5.32. The molecular formula is C19H30FNOSi. The molecule has 0 radical (unpaired) electrons. The summed E-state index contributed by atoms with van der Waals surface area (Å²) < 4.78 is 19.3. The predicted octanol–water partition coefficient (Wildman–Crippen LogP) is 5.57. The van der Waals surface area contributed by atoms with Gasteiger partial charge in [0.05, 0.1) is 11.8 Å². The highest BCUT2D eigenvalue weighted by Crippen LogP contribution is 2.38. The zero-order chi connectivity index (χ0) is 17.8. The van der Waals surface area contributed by atoms with Crippen LogP contribution in [0.4, 0.5) is 4.39 Å². The SMILES string of the molecule is C=C[C@H](N[C@H](C)c1ccc(F)cc1)C(=C)O[Si](C)(C)C(C)(C)C. The van der Waals surface area contributed by atoms with E-state index in [4.69, 9.17) is 4.43 Å². The molecule has 1 rings (SSSR count). The Labute approximate surface area is 141 Å². The van der Waals surface area contributed by atoms with E-state index in [1.54, 1.807) is 18.2 Å². The molecule has 1 aromatic carbocycles. The molecule has 0 saturated carbocycles. The molecule has 0 bridgehead atoms. The van der Waals surface area contributed by atoms with Gasteiger partial charge in [0.25, 0.3) is 0 Å². The van der Waals surface area contributed by atoms with Crippen LogP contribution in [-0.4, -0.2) is 14.4 Å². The van der Waals surface area contributed by atoms with Crippen molar-refractivity contribution >= 4 is 8.32 Å². The van der Waals surface area contributed by atoms with Gasteiger partial charge in [-0.05, 0) is 42.8 Å². The first-order valence-electron chi connectivity index (χ1n) is 8.00. The van der Waals surface area contributed by atoms with Crippen molar-refractivity contribution in [2.45, 2.75) is 57.9 Å². The van der Waals surface area contributed by atoms with E-state index in [1.165, 1.54) is 12.1 Å². The average molecular weight is 336 g/mol. The highest BCUT2D eigenvalue weighted by atomic mass is 28.4. The maximum atomic E-state index is 13.0. The molecule has 128 valence electrons. The summed E-state index contributed by atoms with van der Waals surface area (Å²) >= 11 is 0. The maximum Gasteiger partial charge on any atom is 0.250 e. The number of hydrogen-bond acceptors (Lipinski definition) is 2. The number of benzene rings is 1. The van der Waals surface area contributed by atoms with Crippen LogP contribution in [0, 0.1) is 5.82 Å². The molecule has 0 aromatic heterocycles. The van der Waals surface area contributed by atoms with E-state index >= 15 is 0 Å². The second-order valence-electron chi connectivity index (χ2n) is 7.48. The van der Waals surface area contributed by atoms with Gasteiger partial charge in [-0.2, -0.15) is 0 Å². The van der Waals surface area contributed by atoms with Crippen molar-refractivity contribution in [1.29, 1.82) is 0 Å². The van der Waals surface area contributed by atoms with Crippen molar-refractivity contribution in [2.75, 3.05) is 0 Å². The summed E-state index contributed by atoms with van der Waals surface area (Å²) in [5.74, 6) is 0.465. The summed E-state index contributed by atoms with van der Waals surface area (Å²) in [5.41, 5.74) is 1.01. The van der Waals surface area contributed by atoms with E-state index in [-0.39, 0.29) is 22.9 Å². The Bertz CT molecular complexity index is 545. The lowest BCUT2D eigenvalue weighted by Crippen LogP contribution is -2.43. The van der Waals surface area contributed by atoms with E-state index in [0.29, 0.717) is 5.76 Å². The van der Waals surface area contributed by atoms with E-state index in [9.17, 15) is 4.39 Å². The first-order chi connectivity index (χ1) is 10.5. The number of halogens is 1. The second kappa shape index (κ2) is 7.45. The van der Waals surface area contributed by atoms with Gasteiger partial charge in [-0.3, -0.25) is 5.32 Å². The predicted molar refractivity (Wildman–Crippen MR) is 99.4 cm³/mol. The summed E-state index contributed by atoms with van der Waals surface area (Å²) in [6.45, 7) is 21.0. The summed E-state index contributed by atoms with van der Waals surface area (Å²) in [5, 5.41) is 3.55. The van der Waals surface area contributed by atoms with E-state index in [2.05, 4.69) is 52.3 Å². The third-order valence-electron chi connectivity index (χ3n) is 4.57. The molecule has 0 saturated heterocycles. The van der Waals surface area contributed by atoms with Crippen molar-refractivity contribution in [1.82, 2.24) is 5.32 Å². The lowest BCUT2D eigenvalue weighted by Gasteiger charge is -2.38.